The lowest BCUT2D eigenvalue weighted by Crippen LogP contribution is -2.29. The lowest BCUT2D eigenvalue weighted by atomic mass is 10.3. The molecule has 5 nitrogen and oxygen atoms in total. The Balaban J connectivity index is 2.16. The van der Waals surface area contributed by atoms with E-state index >= 15 is 0 Å². The molecule has 1 amide bonds. The van der Waals surface area contributed by atoms with E-state index in [0.29, 0.717) is 24.5 Å². The fraction of sp³-hybridized carbons (Fsp3) is 0.333. The number of aromatic nitrogens is 2. The van der Waals surface area contributed by atoms with Gasteiger partial charge in [0.25, 0.3) is 5.91 Å². The standard InChI is InChI=1S/C12H15BrN4OS/c1-3-17-11(9(14)5-15-17)12(18)16(2)6-8-4-10(13)19-7-8/h4-5,7H,3,6,14H2,1-2H3. The summed E-state index contributed by atoms with van der Waals surface area (Å²) in [6, 6.07) is 2.01. The quantitative estimate of drug-likeness (QED) is 0.928. The van der Waals surface area contributed by atoms with Crippen molar-refractivity contribution in [3.63, 3.8) is 0 Å². The Hall–Kier alpha value is -1.34. The zero-order valence-electron chi connectivity index (χ0n) is 10.8. The first kappa shape index (κ1) is 14.1. The van der Waals surface area contributed by atoms with Gasteiger partial charge in [0, 0.05) is 20.1 Å². The lowest BCUT2D eigenvalue weighted by molar-refractivity contribution is 0.0774. The van der Waals surface area contributed by atoms with Crippen LogP contribution in [-0.4, -0.2) is 27.6 Å². The van der Waals surface area contributed by atoms with Crippen molar-refractivity contribution >= 4 is 38.9 Å². The molecule has 0 saturated heterocycles. The number of nitrogen functional groups attached to an aromatic ring is 1. The number of halogens is 1. The van der Waals surface area contributed by atoms with Crippen molar-refractivity contribution in [1.29, 1.82) is 0 Å². The third kappa shape index (κ3) is 2.98. The smallest absolute Gasteiger partial charge is 0.274 e. The first-order chi connectivity index (χ1) is 9.02. The fourth-order valence-corrected chi connectivity index (χ4v) is 3.03. The molecule has 2 rings (SSSR count). The van der Waals surface area contributed by atoms with Crippen LogP contribution in [-0.2, 0) is 13.1 Å². The molecule has 0 aliphatic heterocycles. The highest BCUT2D eigenvalue weighted by molar-refractivity contribution is 9.11. The van der Waals surface area contributed by atoms with Crippen molar-refractivity contribution in [2.24, 2.45) is 0 Å². The van der Waals surface area contributed by atoms with Gasteiger partial charge >= 0.3 is 0 Å². The predicted molar refractivity (Wildman–Crippen MR) is 80.1 cm³/mol. The van der Waals surface area contributed by atoms with Gasteiger partial charge in [0.15, 0.2) is 0 Å². The van der Waals surface area contributed by atoms with Crippen molar-refractivity contribution < 1.29 is 4.79 Å². The molecule has 0 spiro atoms. The van der Waals surface area contributed by atoms with Crippen LogP contribution in [0.5, 0.6) is 0 Å². The van der Waals surface area contributed by atoms with Crippen LogP contribution in [0.25, 0.3) is 0 Å². The maximum Gasteiger partial charge on any atom is 0.274 e. The third-order valence-electron chi connectivity index (χ3n) is 2.76. The Morgan fingerprint density at radius 3 is 2.95 bits per heavy atom. The van der Waals surface area contributed by atoms with Crippen LogP contribution in [0, 0.1) is 0 Å². The van der Waals surface area contributed by atoms with Crippen LogP contribution in [0.1, 0.15) is 23.0 Å². The summed E-state index contributed by atoms with van der Waals surface area (Å²) in [7, 11) is 1.76. The van der Waals surface area contributed by atoms with Gasteiger partial charge < -0.3 is 10.6 Å². The number of carbonyl (C=O) groups is 1. The highest BCUT2D eigenvalue weighted by atomic mass is 79.9. The van der Waals surface area contributed by atoms with Crippen LogP contribution in [0.2, 0.25) is 0 Å². The molecule has 0 aliphatic carbocycles. The first-order valence-corrected chi connectivity index (χ1v) is 7.49. The topological polar surface area (TPSA) is 64.2 Å². The number of nitrogens with zero attached hydrogens (tertiary/aromatic N) is 3. The molecule has 19 heavy (non-hydrogen) atoms. The minimum absolute atomic E-state index is 0.112. The second-order valence-electron chi connectivity index (χ2n) is 4.18. The molecule has 2 aromatic heterocycles. The summed E-state index contributed by atoms with van der Waals surface area (Å²) >= 11 is 5.02. The molecular formula is C12H15BrN4OS. The Labute approximate surface area is 124 Å². The van der Waals surface area contributed by atoms with Crippen LogP contribution in [0.3, 0.4) is 0 Å². The van der Waals surface area contributed by atoms with Gasteiger partial charge in [0.05, 0.1) is 15.7 Å². The zero-order chi connectivity index (χ0) is 14.0. The van der Waals surface area contributed by atoms with Gasteiger partial charge in [-0.05, 0) is 39.9 Å². The summed E-state index contributed by atoms with van der Waals surface area (Å²) in [5, 5.41) is 6.11. The molecule has 0 aliphatic rings. The van der Waals surface area contributed by atoms with Gasteiger partial charge in [-0.25, -0.2) is 0 Å². The van der Waals surface area contributed by atoms with Crippen LogP contribution in [0.15, 0.2) is 21.4 Å². The molecule has 0 saturated carbocycles. The molecule has 0 aromatic carbocycles. The Kier molecular flexibility index (Phi) is 4.26. The normalized spacial score (nSPS) is 10.7. The zero-order valence-corrected chi connectivity index (χ0v) is 13.2. The van der Waals surface area contributed by atoms with Crippen molar-refractivity contribution in [2.75, 3.05) is 12.8 Å². The van der Waals surface area contributed by atoms with Crippen molar-refractivity contribution in [3.05, 3.63) is 32.7 Å². The minimum atomic E-state index is -0.112. The SMILES string of the molecule is CCn1ncc(N)c1C(=O)N(C)Cc1csc(Br)c1. The number of aryl methyl sites for hydroxylation is 1. The summed E-state index contributed by atoms with van der Waals surface area (Å²) in [5.74, 6) is -0.112. The van der Waals surface area contributed by atoms with Gasteiger partial charge in [0.2, 0.25) is 0 Å². The second-order valence-corrected chi connectivity index (χ2v) is 6.48. The summed E-state index contributed by atoms with van der Waals surface area (Å²) in [6.07, 6.45) is 1.52. The van der Waals surface area contributed by atoms with E-state index in [0.717, 1.165) is 9.35 Å². The first-order valence-electron chi connectivity index (χ1n) is 5.82. The molecule has 0 radical (unpaired) electrons. The number of hydrogen-bond donors (Lipinski definition) is 1. The van der Waals surface area contributed by atoms with E-state index < -0.39 is 0 Å². The van der Waals surface area contributed by atoms with E-state index in [-0.39, 0.29) is 5.91 Å². The largest absolute Gasteiger partial charge is 0.396 e. The number of carbonyl (C=O) groups excluding carboxylic acids is 1. The predicted octanol–water partition coefficient (Wildman–Crippen LogP) is 2.58. The maximum atomic E-state index is 12.4. The molecule has 2 N–H and O–H groups in total. The van der Waals surface area contributed by atoms with Crippen LogP contribution >= 0.6 is 27.3 Å². The number of amides is 1. The van der Waals surface area contributed by atoms with E-state index in [1.807, 2.05) is 18.4 Å². The van der Waals surface area contributed by atoms with Gasteiger partial charge in [0.1, 0.15) is 5.69 Å². The van der Waals surface area contributed by atoms with E-state index in [9.17, 15) is 4.79 Å². The number of rotatable bonds is 4. The van der Waals surface area contributed by atoms with Gasteiger partial charge in [-0.2, -0.15) is 5.10 Å². The number of nitrogens with two attached hydrogens (primary N) is 1. The number of thiophene rings is 1. The molecule has 7 heteroatoms. The Morgan fingerprint density at radius 1 is 1.63 bits per heavy atom. The lowest BCUT2D eigenvalue weighted by Gasteiger charge is -2.17. The summed E-state index contributed by atoms with van der Waals surface area (Å²) in [4.78, 5) is 14.0. The van der Waals surface area contributed by atoms with Gasteiger partial charge in [-0.1, -0.05) is 0 Å². The molecule has 2 heterocycles. The number of hydrogen-bond acceptors (Lipinski definition) is 4. The fourth-order valence-electron chi connectivity index (χ4n) is 1.83. The highest BCUT2D eigenvalue weighted by Gasteiger charge is 2.20. The highest BCUT2D eigenvalue weighted by Crippen LogP contribution is 2.22. The molecule has 2 aromatic rings. The average Bonchev–Trinajstić information content (AvgIpc) is 2.94. The second kappa shape index (κ2) is 5.75. The number of anilines is 1. The molecule has 0 fully saturated rings. The van der Waals surface area contributed by atoms with E-state index in [2.05, 4.69) is 21.0 Å². The van der Waals surface area contributed by atoms with Crippen molar-refractivity contribution in [3.8, 4) is 0 Å². The van der Waals surface area contributed by atoms with E-state index in [1.165, 1.54) is 6.20 Å². The minimum Gasteiger partial charge on any atom is -0.396 e. The van der Waals surface area contributed by atoms with Crippen LogP contribution in [0.4, 0.5) is 5.69 Å². The monoisotopic (exact) mass is 342 g/mol. The van der Waals surface area contributed by atoms with Gasteiger partial charge in [-0.3, -0.25) is 9.48 Å². The van der Waals surface area contributed by atoms with Crippen LogP contribution < -0.4 is 5.73 Å². The maximum absolute atomic E-state index is 12.4. The summed E-state index contributed by atoms with van der Waals surface area (Å²) in [5.41, 5.74) is 7.79. The van der Waals surface area contributed by atoms with E-state index in [4.69, 9.17) is 5.73 Å². The molecule has 0 atom stereocenters. The summed E-state index contributed by atoms with van der Waals surface area (Å²) in [6.45, 7) is 3.10. The van der Waals surface area contributed by atoms with Gasteiger partial charge in [-0.15, -0.1) is 11.3 Å². The molecule has 102 valence electrons. The molecular weight excluding hydrogens is 328 g/mol. The van der Waals surface area contributed by atoms with Crippen molar-refractivity contribution in [1.82, 2.24) is 14.7 Å². The Bertz CT molecular complexity index is 592. The van der Waals surface area contributed by atoms with Crippen molar-refractivity contribution in [2.45, 2.75) is 20.0 Å². The molecule has 0 bridgehead atoms. The third-order valence-corrected chi connectivity index (χ3v) is 4.31. The molecule has 0 unspecified atom stereocenters. The summed E-state index contributed by atoms with van der Waals surface area (Å²) < 4.78 is 2.68. The average molecular weight is 343 g/mol. The Morgan fingerprint density at radius 2 is 2.37 bits per heavy atom. The van der Waals surface area contributed by atoms with E-state index in [1.54, 1.807) is 28.0 Å².